The number of hydrogen-bond acceptors (Lipinski definition) is 6. The Labute approximate surface area is 152 Å². The van der Waals surface area contributed by atoms with E-state index in [1.54, 1.807) is 4.90 Å². The number of nitrogens with one attached hydrogen (secondary N) is 1. The van der Waals surface area contributed by atoms with Crippen molar-refractivity contribution in [2.45, 2.75) is 39.0 Å². The first-order valence-electron chi connectivity index (χ1n) is 8.83. The van der Waals surface area contributed by atoms with Crippen LogP contribution in [0.25, 0.3) is 0 Å². The Hall–Kier alpha value is -2.64. The van der Waals surface area contributed by atoms with Gasteiger partial charge in [0.25, 0.3) is 5.56 Å². The van der Waals surface area contributed by atoms with Crippen molar-refractivity contribution in [2.75, 3.05) is 32.1 Å². The molecular formula is C18H25N5O3. The molecule has 1 unspecified atom stereocenters. The van der Waals surface area contributed by atoms with E-state index in [0.717, 1.165) is 29.1 Å². The first-order chi connectivity index (χ1) is 12.3. The van der Waals surface area contributed by atoms with E-state index in [9.17, 15) is 9.59 Å². The molecule has 1 N–H and O–H groups in total. The van der Waals surface area contributed by atoms with Gasteiger partial charge < -0.3 is 14.3 Å². The zero-order valence-electron chi connectivity index (χ0n) is 15.7. The predicted octanol–water partition coefficient (Wildman–Crippen LogP) is 1.39. The molecule has 0 aliphatic carbocycles. The van der Waals surface area contributed by atoms with E-state index in [1.807, 2.05) is 32.8 Å². The van der Waals surface area contributed by atoms with Gasteiger partial charge in [-0.2, -0.15) is 0 Å². The normalized spacial score (nSPS) is 16.9. The molecule has 140 valence electrons. The Morgan fingerprint density at radius 1 is 1.42 bits per heavy atom. The van der Waals surface area contributed by atoms with Crippen molar-refractivity contribution in [1.29, 1.82) is 0 Å². The van der Waals surface area contributed by atoms with Gasteiger partial charge in [-0.1, -0.05) is 5.16 Å². The average Bonchev–Trinajstić information content (AvgIpc) is 3.20. The van der Waals surface area contributed by atoms with Crippen LogP contribution in [0.2, 0.25) is 0 Å². The fraction of sp³-hybridized carbons (Fsp3) is 0.556. The van der Waals surface area contributed by atoms with Gasteiger partial charge in [0, 0.05) is 51.2 Å². The molecule has 1 aliphatic rings. The number of anilines is 1. The standard InChI is InChI=1S/C18H25N5O3/c1-11-14(12(2)26-21-11)5-6-17(25)23-8-7-13(10-23)15-9-16(24)20-18(19-15)22(3)4/h9,13H,5-8,10H2,1-4H3,(H,19,20,24). The van der Waals surface area contributed by atoms with Gasteiger partial charge in [-0.25, -0.2) is 4.98 Å². The molecule has 2 aromatic rings. The Morgan fingerprint density at radius 3 is 2.85 bits per heavy atom. The van der Waals surface area contributed by atoms with Gasteiger partial charge in [0.05, 0.1) is 11.4 Å². The quantitative estimate of drug-likeness (QED) is 0.867. The lowest BCUT2D eigenvalue weighted by molar-refractivity contribution is -0.130. The van der Waals surface area contributed by atoms with Crippen molar-refractivity contribution in [1.82, 2.24) is 20.0 Å². The minimum Gasteiger partial charge on any atom is -0.361 e. The van der Waals surface area contributed by atoms with Crippen LogP contribution in [-0.2, 0) is 11.2 Å². The highest BCUT2D eigenvalue weighted by Crippen LogP contribution is 2.26. The summed E-state index contributed by atoms with van der Waals surface area (Å²) in [4.78, 5) is 35.3. The van der Waals surface area contributed by atoms with Gasteiger partial charge in [0.15, 0.2) is 0 Å². The summed E-state index contributed by atoms with van der Waals surface area (Å²) in [5, 5.41) is 3.93. The van der Waals surface area contributed by atoms with Crippen molar-refractivity contribution in [3.63, 3.8) is 0 Å². The topological polar surface area (TPSA) is 95.3 Å². The van der Waals surface area contributed by atoms with E-state index < -0.39 is 0 Å². The molecule has 1 aliphatic heterocycles. The van der Waals surface area contributed by atoms with Crippen LogP contribution in [0.3, 0.4) is 0 Å². The third-order valence-electron chi connectivity index (χ3n) is 4.90. The molecule has 1 fully saturated rings. The number of amides is 1. The number of likely N-dealkylation sites (tertiary alicyclic amines) is 1. The van der Waals surface area contributed by atoms with Crippen LogP contribution in [0, 0.1) is 13.8 Å². The second kappa shape index (κ2) is 7.31. The third-order valence-corrected chi connectivity index (χ3v) is 4.90. The highest BCUT2D eigenvalue weighted by Gasteiger charge is 2.29. The summed E-state index contributed by atoms with van der Waals surface area (Å²) in [5.74, 6) is 1.53. The number of carbonyl (C=O) groups excluding carboxylic acids is 1. The molecule has 26 heavy (non-hydrogen) atoms. The Kier molecular flexibility index (Phi) is 5.11. The van der Waals surface area contributed by atoms with Crippen molar-refractivity contribution < 1.29 is 9.32 Å². The van der Waals surface area contributed by atoms with Gasteiger partial charge in [0.2, 0.25) is 11.9 Å². The lowest BCUT2D eigenvalue weighted by Gasteiger charge is -2.17. The van der Waals surface area contributed by atoms with Gasteiger partial charge in [0.1, 0.15) is 5.76 Å². The third kappa shape index (κ3) is 3.79. The van der Waals surface area contributed by atoms with Crippen LogP contribution in [0.5, 0.6) is 0 Å². The SMILES string of the molecule is Cc1noc(C)c1CCC(=O)N1CCC(c2cc(=O)[nH]c(N(C)C)n2)C1. The van der Waals surface area contributed by atoms with Gasteiger partial charge >= 0.3 is 0 Å². The maximum Gasteiger partial charge on any atom is 0.252 e. The number of H-pyrrole nitrogens is 1. The minimum absolute atomic E-state index is 0.0963. The first kappa shape index (κ1) is 18.2. The van der Waals surface area contributed by atoms with Crippen LogP contribution < -0.4 is 10.5 Å². The molecule has 0 spiro atoms. The van der Waals surface area contributed by atoms with Crippen LogP contribution in [0.15, 0.2) is 15.4 Å². The van der Waals surface area contributed by atoms with Crippen molar-refractivity contribution in [2.24, 2.45) is 0 Å². The van der Waals surface area contributed by atoms with Gasteiger partial charge in [-0.3, -0.25) is 14.6 Å². The lowest BCUT2D eigenvalue weighted by atomic mass is 10.0. The van der Waals surface area contributed by atoms with E-state index in [2.05, 4.69) is 15.1 Å². The summed E-state index contributed by atoms with van der Waals surface area (Å²) in [6.07, 6.45) is 1.89. The van der Waals surface area contributed by atoms with E-state index in [1.165, 1.54) is 6.07 Å². The summed E-state index contributed by atoms with van der Waals surface area (Å²) < 4.78 is 5.15. The second-order valence-corrected chi connectivity index (χ2v) is 7.02. The number of hydrogen-bond donors (Lipinski definition) is 1. The van der Waals surface area contributed by atoms with Crippen molar-refractivity contribution >= 4 is 11.9 Å². The molecular weight excluding hydrogens is 334 g/mol. The smallest absolute Gasteiger partial charge is 0.252 e. The summed E-state index contributed by atoms with van der Waals surface area (Å²) in [6, 6.07) is 1.54. The molecule has 0 aromatic carbocycles. The average molecular weight is 359 g/mol. The molecule has 3 rings (SSSR count). The summed E-state index contributed by atoms with van der Waals surface area (Å²) in [6.45, 7) is 5.05. The maximum atomic E-state index is 12.6. The number of nitrogens with zero attached hydrogens (tertiary/aromatic N) is 4. The van der Waals surface area contributed by atoms with Crippen LogP contribution in [0.1, 0.15) is 41.5 Å². The number of aryl methyl sites for hydroxylation is 2. The van der Waals surface area contributed by atoms with Crippen molar-refractivity contribution in [3.8, 4) is 0 Å². The molecule has 8 heteroatoms. The fourth-order valence-electron chi connectivity index (χ4n) is 3.36. The fourth-order valence-corrected chi connectivity index (χ4v) is 3.36. The summed E-state index contributed by atoms with van der Waals surface area (Å²) in [5.41, 5.74) is 2.44. The number of rotatable bonds is 5. The zero-order valence-corrected chi connectivity index (χ0v) is 15.7. The summed E-state index contributed by atoms with van der Waals surface area (Å²) in [7, 11) is 3.67. The maximum absolute atomic E-state index is 12.6. The van der Waals surface area contributed by atoms with Crippen molar-refractivity contribution in [3.05, 3.63) is 39.1 Å². The van der Waals surface area contributed by atoms with E-state index in [0.29, 0.717) is 31.9 Å². The van der Waals surface area contributed by atoms with Crippen LogP contribution in [-0.4, -0.2) is 53.1 Å². The summed E-state index contributed by atoms with van der Waals surface area (Å²) >= 11 is 0. The van der Waals surface area contributed by atoms with Crippen LogP contribution in [0.4, 0.5) is 5.95 Å². The minimum atomic E-state index is -0.165. The molecule has 0 bridgehead atoms. The predicted molar refractivity (Wildman–Crippen MR) is 97.4 cm³/mol. The largest absolute Gasteiger partial charge is 0.361 e. The van der Waals surface area contributed by atoms with Gasteiger partial charge in [-0.05, 0) is 26.7 Å². The molecule has 0 saturated carbocycles. The number of aromatic nitrogens is 3. The van der Waals surface area contributed by atoms with Crippen LogP contribution >= 0.6 is 0 Å². The second-order valence-electron chi connectivity index (χ2n) is 7.02. The number of aromatic amines is 1. The molecule has 1 atom stereocenters. The molecule has 0 radical (unpaired) electrons. The molecule has 1 amide bonds. The zero-order chi connectivity index (χ0) is 18.8. The molecule has 8 nitrogen and oxygen atoms in total. The lowest BCUT2D eigenvalue weighted by Crippen LogP contribution is -2.29. The van der Waals surface area contributed by atoms with Gasteiger partial charge in [-0.15, -0.1) is 0 Å². The molecule has 3 heterocycles. The highest BCUT2D eigenvalue weighted by atomic mass is 16.5. The first-order valence-corrected chi connectivity index (χ1v) is 8.83. The van der Waals surface area contributed by atoms with E-state index in [-0.39, 0.29) is 17.4 Å². The Bertz CT molecular complexity index is 835. The van der Waals surface area contributed by atoms with E-state index >= 15 is 0 Å². The van der Waals surface area contributed by atoms with E-state index in [4.69, 9.17) is 4.52 Å². The highest BCUT2D eigenvalue weighted by molar-refractivity contribution is 5.77. The monoisotopic (exact) mass is 359 g/mol. The Morgan fingerprint density at radius 2 is 2.19 bits per heavy atom. The number of carbonyl (C=O) groups is 1. The Balaban J connectivity index is 1.63. The molecule has 2 aromatic heterocycles. The molecule has 1 saturated heterocycles.